The Hall–Kier alpha value is -1.59. The molecule has 1 aliphatic heterocycles. The SMILES string of the molecule is COc1ccc(CCCC(=O)N2C[C@H]3C[C@@H](N(C)C)[C@H](O)C[C@H]3C2)cc1. The number of amides is 1. The van der Waals surface area contributed by atoms with Crippen LogP contribution in [-0.2, 0) is 11.2 Å². The Labute approximate surface area is 156 Å². The van der Waals surface area contributed by atoms with Crippen molar-refractivity contribution in [3.05, 3.63) is 29.8 Å². The molecule has 2 fully saturated rings. The summed E-state index contributed by atoms with van der Waals surface area (Å²) in [6.45, 7) is 1.69. The topological polar surface area (TPSA) is 53.0 Å². The van der Waals surface area contributed by atoms with Gasteiger partial charge in [-0.05, 0) is 69.3 Å². The molecule has 0 spiro atoms. The quantitative estimate of drug-likeness (QED) is 0.845. The van der Waals surface area contributed by atoms with Gasteiger partial charge >= 0.3 is 0 Å². The molecule has 1 heterocycles. The molecule has 1 amide bonds. The molecule has 0 bridgehead atoms. The molecule has 5 heteroatoms. The van der Waals surface area contributed by atoms with Crippen LogP contribution in [0.2, 0.25) is 0 Å². The van der Waals surface area contributed by atoms with Crippen LogP contribution in [0.15, 0.2) is 24.3 Å². The summed E-state index contributed by atoms with van der Waals surface area (Å²) in [4.78, 5) is 16.8. The Balaban J connectivity index is 1.45. The summed E-state index contributed by atoms with van der Waals surface area (Å²) in [6.07, 6.45) is 3.94. The molecule has 0 aromatic heterocycles. The zero-order valence-electron chi connectivity index (χ0n) is 16.2. The number of carbonyl (C=O) groups excluding carboxylic acids is 1. The molecule has 1 saturated carbocycles. The van der Waals surface area contributed by atoms with Crippen LogP contribution in [0.4, 0.5) is 0 Å². The number of ether oxygens (including phenoxy) is 1. The number of hydrogen-bond donors (Lipinski definition) is 1. The van der Waals surface area contributed by atoms with Gasteiger partial charge in [0.25, 0.3) is 0 Å². The highest BCUT2D eigenvalue weighted by Crippen LogP contribution is 2.38. The molecule has 1 aromatic rings. The second-order valence-corrected chi connectivity index (χ2v) is 8.09. The largest absolute Gasteiger partial charge is 0.497 e. The van der Waals surface area contributed by atoms with Gasteiger partial charge in [0.05, 0.1) is 13.2 Å². The first-order chi connectivity index (χ1) is 12.5. The lowest BCUT2D eigenvalue weighted by Gasteiger charge is -2.38. The van der Waals surface area contributed by atoms with Crippen LogP contribution >= 0.6 is 0 Å². The van der Waals surface area contributed by atoms with Crippen LogP contribution in [0.3, 0.4) is 0 Å². The number of aryl methyl sites for hydroxylation is 1. The minimum atomic E-state index is -0.267. The lowest BCUT2D eigenvalue weighted by atomic mass is 9.77. The zero-order chi connectivity index (χ0) is 18.7. The first kappa shape index (κ1) is 19.2. The number of nitrogens with zero attached hydrogens (tertiary/aromatic N) is 2. The Morgan fingerprint density at radius 1 is 1.19 bits per heavy atom. The van der Waals surface area contributed by atoms with Crippen molar-refractivity contribution in [3.8, 4) is 5.75 Å². The van der Waals surface area contributed by atoms with Gasteiger partial charge in [0.2, 0.25) is 5.91 Å². The van der Waals surface area contributed by atoms with E-state index in [1.54, 1.807) is 7.11 Å². The normalized spacial score (nSPS) is 28.3. The maximum absolute atomic E-state index is 12.6. The van der Waals surface area contributed by atoms with Gasteiger partial charge in [-0.2, -0.15) is 0 Å². The van der Waals surface area contributed by atoms with E-state index < -0.39 is 0 Å². The van der Waals surface area contributed by atoms with Crippen molar-refractivity contribution in [2.75, 3.05) is 34.3 Å². The zero-order valence-corrected chi connectivity index (χ0v) is 16.2. The van der Waals surface area contributed by atoms with Crippen molar-refractivity contribution in [1.29, 1.82) is 0 Å². The van der Waals surface area contributed by atoms with Crippen LogP contribution in [0.5, 0.6) is 5.75 Å². The number of aliphatic hydroxyl groups is 1. The highest BCUT2D eigenvalue weighted by molar-refractivity contribution is 5.76. The van der Waals surface area contributed by atoms with E-state index in [1.807, 2.05) is 31.1 Å². The Morgan fingerprint density at radius 3 is 2.46 bits per heavy atom. The molecular weight excluding hydrogens is 328 g/mol. The summed E-state index contributed by atoms with van der Waals surface area (Å²) in [5.41, 5.74) is 1.24. The smallest absolute Gasteiger partial charge is 0.222 e. The van der Waals surface area contributed by atoms with Crippen LogP contribution in [-0.4, -0.2) is 67.3 Å². The third-order valence-electron chi connectivity index (χ3n) is 6.14. The predicted molar refractivity (Wildman–Crippen MR) is 102 cm³/mol. The Bertz CT molecular complexity index is 602. The first-order valence-corrected chi connectivity index (χ1v) is 9.73. The van der Waals surface area contributed by atoms with E-state index >= 15 is 0 Å². The van der Waals surface area contributed by atoms with Crippen molar-refractivity contribution in [2.24, 2.45) is 11.8 Å². The summed E-state index contributed by atoms with van der Waals surface area (Å²) in [5.74, 6) is 2.13. The van der Waals surface area contributed by atoms with Gasteiger partial charge in [0.15, 0.2) is 0 Å². The average molecular weight is 360 g/mol. The summed E-state index contributed by atoms with van der Waals surface area (Å²) in [7, 11) is 5.73. The average Bonchev–Trinajstić information content (AvgIpc) is 3.04. The molecule has 2 aliphatic rings. The van der Waals surface area contributed by atoms with Gasteiger partial charge in [0.1, 0.15) is 5.75 Å². The Kier molecular flexibility index (Phi) is 6.20. The van der Waals surface area contributed by atoms with Crippen LogP contribution in [0.25, 0.3) is 0 Å². The van der Waals surface area contributed by atoms with Gasteiger partial charge < -0.3 is 19.6 Å². The molecule has 4 atom stereocenters. The fourth-order valence-electron chi connectivity index (χ4n) is 4.56. The van der Waals surface area contributed by atoms with Crippen molar-refractivity contribution >= 4 is 5.91 Å². The Morgan fingerprint density at radius 2 is 1.85 bits per heavy atom. The summed E-state index contributed by atoms with van der Waals surface area (Å²) in [5, 5.41) is 10.4. The number of rotatable bonds is 6. The van der Waals surface area contributed by atoms with Crippen LogP contribution in [0.1, 0.15) is 31.2 Å². The van der Waals surface area contributed by atoms with Gasteiger partial charge in [-0.1, -0.05) is 12.1 Å². The van der Waals surface area contributed by atoms with E-state index in [-0.39, 0.29) is 18.1 Å². The minimum absolute atomic E-state index is 0.223. The number of carbonyl (C=O) groups is 1. The molecule has 3 rings (SSSR count). The number of fused-ring (bicyclic) bond motifs is 1. The second kappa shape index (κ2) is 8.40. The van der Waals surface area contributed by atoms with Crippen LogP contribution < -0.4 is 4.74 Å². The van der Waals surface area contributed by atoms with Crippen molar-refractivity contribution in [2.45, 2.75) is 44.2 Å². The molecular formula is C21H32N2O3. The van der Waals surface area contributed by atoms with E-state index in [0.717, 1.165) is 44.5 Å². The lowest BCUT2D eigenvalue weighted by Crippen LogP contribution is -2.46. The number of aliphatic hydroxyl groups excluding tert-OH is 1. The molecule has 5 nitrogen and oxygen atoms in total. The molecule has 26 heavy (non-hydrogen) atoms. The number of likely N-dealkylation sites (tertiary alicyclic amines) is 1. The molecule has 1 aliphatic carbocycles. The third kappa shape index (κ3) is 4.38. The van der Waals surface area contributed by atoms with Crippen molar-refractivity contribution < 1.29 is 14.6 Å². The maximum Gasteiger partial charge on any atom is 0.222 e. The highest BCUT2D eigenvalue weighted by Gasteiger charge is 2.43. The minimum Gasteiger partial charge on any atom is -0.497 e. The highest BCUT2D eigenvalue weighted by atomic mass is 16.5. The molecule has 144 valence electrons. The van der Waals surface area contributed by atoms with Gasteiger partial charge in [-0.3, -0.25) is 4.79 Å². The number of likely N-dealkylation sites (N-methyl/N-ethyl adjacent to an activating group) is 1. The fraction of sp³-hybridized carbons (Fsp3) is 0.667. The first-order valence-electron chi connectivity index (χ1n) is 9.73. The monoisotopic (exact) mass is 360 g/mol. The molecule has 0 unspecified atom stereocenters. The molecule has 1 N–H and O–H groups in total. The predicted octanol–water partition coefficient (Wildman–Crippen LogP) is 2.18. The number of benzene rings is 1. The number of methoxy groups -OCH3 is 1. The summed E-state index contributed by atoms with van der Waals surface area (Å²) in [6, 6.07) is 8.29. The third-order valence-corrected chi connectivity index (χ3v) is 6.14. The second-order valence-electron chi connectivity index (χ2n) is 8.09. The summed E-state index contributed by atoms with van der Waals surface area (Å²) < 4.78 is 5.17. The lowest BCUT2D eigenvalue weighted by molar-refractivity contribution is -0.130. The molecule has 0 radical (unpaired) electrons. The van der Waals surface area contributed by atoms with E-state index in [2.05, 4.69) is 17.0 Å². The standard InChI is InChI=1S/C21H32N2O3/c1-22(2)19-11-16-13-23(14-17(16)12-20(19)24)21(25)6-4-5-15-7-9-18(26-3)10-8-15/h7-10,16-17,19-20,24H,4-6,11-14H2,1-3H3/t16-,17+,19-,20-/m1/s1. The van der Waals surface area contributed by atoms with Gasteiger partial charge in [-0.15, -0.1) is 0 Å². The van der Waals surface area contributed by atoms with E-state index in [4.69, 9.17) is 4.74 Å². The van der Waals surface area contributed by atoms with Crippen molar-refractivity contribution in [3.63, 3.8) is 0 Å². The van der Waals surface area contributed by atoms with Crippen LogP contribution in [0, 0.1) is 11.8 Å². The number of hydrogen-bond acceptors (Lipinski definition) is 4. The van der Waals surface area contributed by atoms with E-state index in [1.165, 1.54) is 5.56 Å². The van der Waals surface area contributed by atoms with E-state index in [0.29, 0.717) is 18.3 Å². The molecule has 1 aromatic carbocycles. The fourth-order valence-corrected chi connectivity index (χ4v) is 4.56. The summed E-state index contributed by atoms with van der Waals surface area (Å²) >= 11 is 0. The van der Waals surface area contributed by atoms with E-state index in [9.17, 15) is 9.90 Å². The van der Waals surface area contributed by atoms with Gasteiger partial charge in [-0.25, -0.2) is 0 Å². The van der Waals surface area contributed by atoms with Gasteiger partial charge in [0, 0.05) is 25.6 Å². The molecule has 1 saturated heterocycles. The maximum atomic E-state index is 12.6. The van der Waals surface area contributed by atoms with Crippen molar-refractivity contribution in [1.82, 2.24) is 9.80 Å².